The third-order valence-electron chi connectivity index (χ3n) is 4.90. The first kappa shape index (κ1) is 18.6. The maximum Gasteiger partial charge on any atom is 0.307 e. The van der Waals surface area contributed by atoms with Crippen LogP contribution in [0.2, 0.25) is 0 Å². The summed E-state index contributed by atoms with van der Waals surface area (Å²) in [6.07, 6.45) is 3.40. The highest BCUT2D eigenvalue weighted by Crippen LogP contribution is 2.21. The van der Waals surface area contributed by atoms with Gasteiger partial charge in [-0.1, -0.05) is 6.07 Å². The van der Waals surface area contributed by atoms with Crippen LogP contribution in [-0.2, 0) is 27.2 Å². The van der Waals surface area contributed by atoms with Gasteiger partial charge >= 0.3 is 5.97 Å². The molecule has 0 bridgehead atoms. The fourth-order valence-electron chi connectivity index (χ4n) is 3.36. The van der Waals surface area contributed by atoms with Gasteiger partial charge in [-0.3, -0.25) is 9.59 Å². The largest absolute Gasteiger partial charge is 0.466 e. The molecule has 0 saturated carbocycles. The van der Waals surface area contributed by atoms with Gasteiger partial charge in [0.05, 0.1) is 18.9 Å². The minimum atomic E-state index is -0.268. The van der Waals surface area contributed by atoms with Crippen molar-refractivity contribution in [3.63, 3.8) is 0 Å². The Morgan fingerprint density at radius 2 is 2.23 bits per heavy atom. The molecule has 142 valence electrons. The van der Waals surface area contributed by atoms with E-state index in [0.717, 1.165) is 50.5 Å². The van der Waals surface area contributed by atoms with Crippen molar-refractivity contribution in [2.24, 2.45) is 5.92 Å². The van der Waals surface area contributed by atoms with E-state index in [0.29, 0.717) is 13.2 Å². The molecule has 1 aromatic rings. The predicted octanol–water partition coefficient (Wildman–Crippen LogP) is 0.983. The lowest BCUT2D eigenvalue weighted by Gasteiger charge is -2.38. The first-order chi connectivity index (χ1) is 12.7. The molecule has 1 amide bonds. The quantitative estimate of drug-likeness (QED) is 0.673. The van der Waals surface area contributed by atoms with Crippen LogP contribution in [0.25, 0.3) is 0 Å². The SMILES string of the molecule is CCOC(=O)CCNC(=O)C1CN(CCc2ccc3c(n2)NCCC3)C1. The number of hydrogen-bond donors (Lipinski definition) is 2. The molecule has 0 radical (unpaired) electrons. The van der Waals surface area contributed by atoms with Crippen LogP contribution in [-0.4, -0.2) is 61.1 Å². The second-order valence-corrected chi connectivity index (χ2v) is 6.89. The number of hydrogen-bond acceptors (Lipinski definition) is 6. The number of rotatable bonds is 8. The molecule has 0 atom stereocenters. The number of aromatic nitrogens is 1. The Bertz CT molecular complexity index is 644. The fraction of sp³-hybridized carbons (Fsp3) is 0.632. The average molecular weight is 360 g/mol. The van der Waals surface area contributed by atoms with Crippen molar-refractivity contribution in [1.29, 1.82) is 0 Å². The number of carbonyl (C=O) groups excluding carboxylic acids is 2. The van der Waals surface area contributed by atoms with E-state index in [1.165, 1.54) is 12.0 Å². The molecule has 0 unspecified atom stereocenters. The van der Waals surface area contributed by atoms with Gasteiger partial charge in [0.1, 0.15) is 5.82 Å². The van der Waals surface area contributed by atoms with Gasteiger partial charge in [0, 0.05) is 44.8 Å². The monoisotopic (exact) mass is 360 g/mol. The molecule has 0 spiro atoms. The smallest absolute Gasteiger partial charge is 0.307 e. The van der Waals surface area contributed by atoms with Crippen molar-refractivity contribution in [2.75, 3.05) is 44.6 Å². The van der Waals surface area contributed by atoms with E-state index in [2.05, 4.69) is 27.7 Å². The molecule has 0 aliphatic carbocycles. The molecule has 0 aromatic carbocycles. The molecule has 2 aliphatic heterocycles. The van der Waals surface area contributed by atoms with Crippen LogP contribution in [0.3, 0.4) is 0 Å². The number of amides is 1. The molecule has 26 heavy (non-hydrogen) atoms. The van der Waals surface area contributed by atoms with Gasteiger partial charge in [-0.15, -0.1) is 0 Å². The fourth-order valence-corrected chi connectivity index (χ4v) is 3.36. The van der Waals surface area contributed by atoms with Crippen molar-refractivity contribution in [3.8, 4) is 0 Å². The van der Waals surface area contributed by atoms with Gasteiger partial charge in [0.15, 0.2) is 0 Å². The molecular weight excluding hydrogens is 332 g/mol. The summed E-state index contributed by atoms with van der Waals surface area (Å²) in [6, 6.07) is 4.30. The molecule has 3 rings (SSSR count). The first-order valence-electron chi connectivity index (χ1n) is 9.54. The highest BCUT2D eigenvalue weighted by atomic mass is 16.5. The van der Waals surface area contributed by atoms with E-state index in [9.17, 15) is 9.59 Å². The lowest BCUT2D eigenvalue weighted by molar-refractivity contribution is -0.143. The lowest BCUT2D eigenvalue weighted by atomic mass is 9.98. The summed E-state index contributed by atoms with van der Waals surface area (Å²) in [5.74, 6) is 0.822. The Morgan fingerprint density at radius 3 is 3.04 bits per heavy atom. The van der Waals surface area contributed by atoms with E-state index >= 15 is 0 Å². The van der Waals surface area contributed by atoms with E-state index in [4.69, 9.17) is 9.72 Å². The second kappa shape index (κ2) is 8.98. The van der Waals surface area contributed by atoms with Gasteiger partial charge in [-0.2, -0.15) is 0 Å². The summed E-state index contributed by atoms with van der Waals surface area (Å²) in [5.41, 5.74) is 2.41. The number of pyridine rings is 1. The molecular formula is C19H28N4O3. The Labute approximate surface area is 154 Å². The molecule has 3 heterocycles. The van der Waals surface area contributed by atoms with Crippen molar-refractivity contribution in [3.05, 3.63) is 23.4 Å². The summed E-state index contributed by atoms with van der Waals surface area (Å²) < 4.78 is 4.84. The van der Waals surface area contributed by atoms with Crippen LogP contribution in [0.5, 0.6) is 0 Å². The van der Waals surface area contributed by atoms with Crippen LogP contribution < -0.4 is 10.6 Å². The van der Waals surface area contributed by atoms with Crippen molar-refractivity contribution in [2.45, 2.75) is 32.6 Å². The Morgan fingerprint density at radius 1 is 1.38 bits per heavy atom. The summed E-state index contributed by atoms with van der Waals surface area (Å²) in [4.78, 5) is 30.3. The zero-order chi connectivity index (χ0) is 18.4. The summed E-state index contributed by atoms with van der Waals surface area (Å²) in [6.45, 7) is 5.96. The molecule has 1 fully saturated rings. The molecule has 1 saturated heterocycles. The van der Waals surface area contributed by atoms with Crippen molar-refractivity contribution in [1.82, 2.24) is 15.2 Å². The van der Waals surface area contributed by atoms with Gasteiger partial charge in [0.2, 0.25) is 5.91 Å². The maximum atomic E-state index is 12.0. The zero-order valence-corrected chi connectivity index (χ0v) is 15.4. The minimum Gasteiger partial charge on any atom is -0.466 e. The first-order valence-corrected chi connectivity index (χ1v) is 9.54. The van der Waals surface area contributed by atoms with Crippen LogP contribution in [0.1, 0.15) is 31.0 Å². The van der Waals surface area contributed by atoms with E-state index in [1.54, 1.807) is 6.92 Å². The minimum absolute atomic E-state index is 0.0235. The number of nitrogens with zero attached hydrogens (tertiary/aromatic N) is 2. The van der Waals surface area contributed by atoms with Crippen molar-refractivity contribution >= 4 is 17.7 Å². The molecule has 2 aliphatic rings. The van der Waals surface area contributed by atoms with E-state index in [-0.39, 0.29) is 24.2 Å². The molecule has 2 N–H and O–H groups in total. The number of aryl methyl sites for hydroxylation is 1. The molecule has 7 nitrogen and oxygen atoms in total. The number of esters is 1. The third kappa shape index (κ3) is 4.94. The van der Waals surface area contributed by atoms with Crippen LogP contribution >= 0.6 is 0 Å². The topological polar surface area (TPSA) is 83.6 Å². The van der Waals surface area contributed by atoms with E-state index in [1.807, 2.05) is 0 Å². The maximum absolute atomic E-state index is 12.0. The number of anilines is 1. The Kier molecular flexibility index (Phi) is 6.44. The normalized spacial score (nSPS) is 17.0. The van der Waals surface area contributed by atoms with Gasteiger partial charge in [-0.05, 0) is 31.4 Å². The van der Waals surface area contributed by atoms with Crippen LogP contribution in [0, 0.1) is 5.92 Å². The van der Waals surface area contributed by atoms with Crippen molar-refractivity contribution < 1.29 is 14.3 Å². The second-order valence-electron chi connectivity index (χ2n) is 6.89. The van der Waals surface area contributed by atoms with Gasteiger partial charge in [0.25, 0.3) is 0 Å². The van der Waals surface area contributed by atoms with E-state index < -0.39 is 0 Å². The summed E-state index contributed by atoms with van der Waals surface area (Å²) >= 11 is 0. The van der Waals surface area contributed by atoms with Gasteiger partial charge in [-0.25, -0.2) is 4.98 Å². The molecule has 1 aromatic heterocycles. The predicted molar refractivity (Wildman–Crippen MR) is 98.9 cm³/mol. The number of fused-ring (bicyclic) bond motifs is 1. The number of ether oxygens (including phenoxy) is 1. The number of likely N-dealkylation sites (tertiary alicyclic amines) is 1. The van der Waals surface area contributed by atoms with Crippen LogP contribution in [0.15, 0.2) is 12.1 Å². The highest BCUT2D eigenvalue weighted by Gasteiger charge is 2.32. The third-order valence-corrected chi connectivity index (χ3v) is 4.90. The van der Waals surface area contributed by atoms with Crippen LogP contribution in [0.4, 0.5) is 5.82 Å². The molecule has 7 heteroatoms. The zero-order valence-electron chi connectivity index (χ0n) is 15.4. The Hall–Kier alpha value is -2.15. The Balaban J connectivity index is 1.33. The highest BCUT2D eigenvalue weighted by molar-refractivity contribution is 5.80. The average Bonchev–Trinajstić information content (AvgIpc) is 2.60. The van der Waals surface area contributed by atoms with Gasteiger partial charge < -0.3 is 20.3 Å². The summed E-state index contributed by atoms with van der Waals surface area (Å²) in [7, 11) is 0. The number of carbonyl (C=O) groups is 2. The lowest BCUT2D eigenvalue weighted by Crippen LogP contribution is -2.54. The number of nitrogens with one attached hydrogen (secondary N) is 2. The standard InChI is InChI=1S/C19H28N4O3/c1-2-26-17(24)7-10-21-19(25)15-12-23(13-15)11-8-16-6-5-14-4-3-9-20-18(14)22-16/h5-6,15H,2-4,7-13H2,1H3,(H,20,22)(H,21,25). The summed E-state index contributed by atoms with van der Waals surface area (Å²) in [5, 5.41) is 6.18.